The van der Waals surface area contributed by atoms with E-state index in [4.69, 9.17) is 39.3 Å². The van der Waals surface area contributed by atoms with Gasteiger partial charge in [-0.25, -0.2) is 9.59 Å². The molecule has 0 radical (unpaired) electrons. The molecule has 2 heterocycles. The Morgan fingerprint density at radius 3 is 1.74 bits per heavy atom. The van der Waals surface area contributed by atoms with Crippen LogP contribution in [0.2, 0.25) is 5.04 Å². The Morgan fingerprint density at radius 1 is 0.738 bits per heavy atom. The molecule has 0 bridgehead atoms. The number of ether oxygens (including phenoxy) is 3. The predicted octanol–water partition coefficient (Wildman–Crippen LogP) is 5.69. The molecule has 15 nitrogen and oxygen atoms in total. The Bertz CT molecular complexity index is 1690. The number of nitrogens with one attached hydrogen (secondary N) is 3. The summed E-state index contributed by atoms with van der Waals surface area (Å²) in [5.74, 6) is 2.00. The van der Waals surface area contributed by atoms with Crippen LogP contribution < -0.4 is 41.9 Å². The van der Waals surface area contributed by atoms with Crippen LogP contribution in [0.5, 0.6) is 0 Å². The van der Waals surface area contributed by atoms with E-state index in [1.54, 1.807) is 0 Å². The average Bonchev–Trinajstić information content (AvgIpc) is 3.20. The van der Waals surface area contributed by atoms with Crippen molar-refractivity contribution in [2.45, 2.75) is 104 Å². The molecule has 1 fully saturated rings. The average molecular weight is 864 g/mol. The molecular weight excluding hydrogens is 791 g/mol. The Morgan fingerprint density at radius 2 is 1.26 bits per heavy atom. The largest absolute Gasteiger partial charge is 0.444 e. The second kappa shape index (κ2) is 23.1. The van der Waals surface area contributed by atoms with Gasteiger partial charge < -0.3 is 50.1 Å². The highest BCUT2D eigenvalue weighted by Crippen LogP contribution is 2.36. The second-order valence-electron chi connectivity index (χ2n) is 18.5. The molecule has 1 saturated heterocycles. The quantitative estimate of drug-likeness (QED) is 0.0760. The van der Waals surface area contributed by atoms with Crippen molar-refractivity contribution in [3.8, 4) is 0 Å². The van der Waals surface area contributed by atoms with E-state index in [1.807, 2.05) is 53.7 Å². The third-order valence-electron chi connectivity index (χ3n) is 10.2. The van der Waals surface area contributed by atoms with E-state index in [-0.39, 0.29) is 5.04 Å². The monoisotopic (exact) mass is 864 g/mol. The zero-order valence-corrected chi connectivity index (χ0v) is 39.2. The summed E-state index contributed by atoms with van der Waals surface area (Å²) in [7, 11) is -2.67. The van der Waals surface area contributed by atoms with Crippen LogP contribution in [0.25, 0.3) is 0 Å². The van der Waals surface area contributed by atoms with Crippen LogP contribution in [0.1, 0.15) is 88.0 Å². The highest BCUT2D eigenvalue weighted by Gasteiger charge is 2.50. The molecule has 1 aliphatic rings. The van der Waals surface area contributed by atoms with Gasteiger partial charge in [-0.1, -0.05) is 81.4 Å². The predicted molar refractivity (Wildman–Crippen MR) is 247 cm³/mol. The van der Waals surface area contributed by atoms with Crippen LogP contribution in [0.4, 0.5) is 27.4 Å². The molecule has 2 aromatic carbocycles. The lowest BCUT2D eigenvalue weighted by Gasteiger charge is -2.43. The van der Waals surface area contributed by atoms with Crippen molar-refractivity contribution in [2.75, 3.05) is 87.3 Å². The van der Waals surface area contributed by atoms with Crippen molar-refractivity contribution >= 4 is 48.7 Å². The number of nitrogens with two attached hydrogens (primary N) is 1. The molecule has 61 heavy (non-hydrogen) atoms. The highest BCUT2D eigenvalue weighted by molar-refractivity contribution is 6.99. The summed E-state index contributed by atoms with van der Waals surface area (Å²) >= 11 is 0. The lowest BCUT2D eigenvalue weighted by molar-refractivity contribution is 0.0516. The second-order valence-corrected chi connectivity index (χ2v) is 22.8. The number of carbonyl (C=O) groups is 2. The van der Waals surface area contributed by atoms with Gasteiger partial charge >= 0.3 is 12.2 Å². The SMILES string of the molecule is CC(C)(C)OC(=O)NCCCN(CCCNC(=O)OC(C)(C)C)c1nc(NCCOCCO[Si](c2ccccc2)(c2ccccc2)C(C)(C)C)nc(N2CCC(CN)CC2)n1. The molecule has 16 heteroatoms. The minimum atomic E-state index is -2.67. The molecular formula is C45H73N9O6Si. The number of piperidine rings is 1. The number of alkyl carbamates (subject to hydrolysis) is 2. The minimum absolute atomic E-state index is 0.123. The fraction of sp³-hybridized carbons (Fsp3) is 0.622. The Hall–Kier alpha value is -4.51. The normalized spacial score (nSPS) is 14.0. The van der Waals surface area contributed by atoms with Crippen molar-refractivity contribution in [3.63, 3.8) is 0 Å². The number of rotatable bonds is 21. The van der Waals surface area contributed by atoms with E-state index in [0.29, 0.717) is 95.7 Å². The number of nitrogens with zero attached hydrogens (tertiary/aromatic N) is 5. The first-order valence-electron chi connectivity index (χ1n) is 21.9. The molecule has 0 atom stereocenters. The summed E-state index contributed by atoms with van der Waals surface area (Å²) < 4.78 is 24.0. The standard InChI is InChI=1S/C45H73N9O6Si/c1-43(2,3)59-41(55)48-24-16-27-53(28-17-25-49-42(56)60-44(4,5)6)39-50-38(51-40(52-39)54-29-22-35(34-46)23-30-54)47-26-31-57-32-33-58-61(45(7,8)9,36-18-12-10-13-19-36)37-20-14-11-15-21-37/h10-15,18-21,35H,16-17,22-34,46H2,1-9H3,(H,48,55)(H,49,56)(H,47,50,51,52). The molecule has 338 valence electrons. The van der Waals surface area contributed by atoms with Gasteiger partial charge in [-0.3, -0.25) is 0 Å². The summed E-state index contributed by atoms with van der Waals surface area (Å²) in [5, 5.41) is 11.4. The fourth-order valence-electron chi connectivity index (χ4n) is 7.30. The summed E-state index contributed by atoms with van der Waals surface area (Å²) in [5.41, 5.74) is 4.83. The number of benzene rings is 2. The Kier molecular flexibility index (Phi) is 18.6. The molecule has 0 saturated carbocycles. The van der Waals surface area contributed by atoms with E-state index in [9.17, 15) is 9.59 Å². The van der Waals surface area contributed by atoms with Crippen molar-refractivity contribution < 1.29 is 28.2 Å². The highest BCUT2D eigenvalue weighted by atomic mass is 28.4. The van der Waals surface area contributed by atoms with Gasteiger partial charge in [0.25, 0.3) is 8.32 Å². The van der Waals surface area contributed by atoms with Crippen molar-refractivity contribution in [3.05, 3.63) is 60.7 Å². The molecule has 5 N–H and O–H groups in total. The third kappa shape index (κ3) is 16.0. The van der Waals surface area contributed by atoms with Crippen LogP contribution in [-0.2, 0) is 18.6 Å². The van der Waals surface area contributed by atoms with E-state index in [0.717, 1.165) is 25.9 Å². The van der Waals surface area contributed by atoms with E-state index >= 15 is 0 Å². The maximum absolute atomic E-state index is 12.4. The molecule has 4 rings (SSSR count). The first-order valence-corrected chi connectivity index (χ1v) is 23.8. The molecule has 2 amide bonds. The Balaban J connectivity index is 1.45. The van der Waals surface area contributed by atoms with Crippen LogP contribution in [0, 0.1) is 5.92 Å². The molecule has 0 unspecified atom stereocenters. The lowest BCUT2D eigenvalue weighted by atomic mass is 9.97. The summed E-state index contributed by atoms with van der Waals surface area (Å²) in [6.45, 7) is 23.7. The number of anilines is 3. The van der Waals surface area contributed by atoms with Gasteiger partial charge in [0.05, 0.1) is 19.8 Å². The first-order chi connectivity index (χ1) is 28.9. The van der Waals surface area contributed by atoms with Gasteiger partial charge in [-0.05, 0) is 95.1 Å². The van der Waals surface area contributed by atoms with E-state index < -0.39 is 31.7 Å². The summed E-state index contributed by atoms with van der Waals surface area (Å²) in [6.07, 6.45) is 2.20. The number of hydrogen-bond donors (Lipinski definition) is 4. The van der Waals surface area contributed by atoms with Gasteiger partial charge in [0, 0.05) is 45.8 Å². The van der Waals surface area contributed by atoms with E-state index in [1.165, 1.54) is 10.4 Å². The molecule has 1 aromatic heterocycles. The number of amides is 2. The maximum Gasteiger partial charge on any atom is 0.407 e. The molecule has 1 aliphatic heterocycles. The fourth-order valence-corrected chi connectivity index (χ4v) is 11.8. The molecule has 0 spiro atoms. The van der Waals surface area contributed by atoms with Crippen LogP contribution in [0.3, 0.4) is 0 Å². The summed E-state index contributed by atoms with van der Waals surface area (Å²) in [4.78, 5) is 43.7. The summed E-state index contributed by atoms with van der Waals surface area (Å²) in [6, 6.07) is 21.2. The van der Waals surface area contributed by atoms with Crippen molar-refractivity contribution in [2.24, 2.45) is 11.7 Å². The maximum atomic E-state index is 12.4. The van der Waals surface area contributed by atoms with Gasteiger partial charge in [-0.15, -0.1) is 0 Å². The zero-order valence-electron chi connectivity index (χ0n) is 38.2. The number of hydrogen-bond acceptors (Lipinski definition) is 13. The number of aromatic nitrogens is 3. The lowest BCUT2D eigenvalue weighted by Crippen LogP contribution is -2.66. The third-order valence-corrected chi connectivity index (χ3v) is 15.2. The first kappa shape index (κ1) is 49.1. The number of carbonyl (C=O) groups excluding carboxylic acids is 2. The topological polar surface area (TPSA) is 178 Å². The van der Waals surface area contributed by atoms with Crippen molar-refractivity contribution in [1.82, 2.24) is 25.6 Å². The Labute approximate surface area is 365 Å². The molecule has 0 aliphatic carbocycles. The zero-order chi connectivity index (χ0) is 44.5. The van der Waals surface area contributed by atoms with Gasteiger partial charge in [0.15, 0.2) is 0 Å². The van der Waals surface area contributed by atoms with Crippen molar-refractivity contribution in [1.29, 1.82) is 0 Å². The van der Waals surface area contributed by atoms with E-state index in [2.05, 4.69) is 95.1 Å². The minimum Gasteiger partial charge on any atom is -0.444 e. The van der Waals surface area contributed by atoms with Crippen LogP contribution in [0.15, 0.2) is 60.7 Å². The van der Waals surface area contributed by atoms with Gasteiger partial charge in [-0.2, -0.15) is 15.0 Å². The van der Waals surface area contributed by atoms with Gasteiger partial charge in [0.2, 0.25) is 17.8 Å². The van der Waals surface area contributed by atoms with Crippen LogP contribution >= 0.6 is 0 Å². The van der Waals surface area contributed by atoms with Gasteiger partial charge in [0.1, 0.15) is 11.2 Å². The van der Waals surface area contributed by atoms with Crippen LogP contribution in [-0.4, -0.2) is 119 Å². The molecule has 3 aromatic rings. The smallest absolute Gasteiger partial charge is 0.407 e.